The number of rotatable bonds is 3. The van der Waals surface area contributed by atoms with E-state index in [0.717, 1.165) is 0 Å². The third-order valence-electron chi connectivity index (χ3n) is 5.01. The van der Waals surface area contributed by atoms with Gasteiger partial charge in [0.1, 0.15) is 9.75 Å². The fourth-order valence-electron chi connectivity index (χ4n) is 3.39. The number of amides is 2. The van der Waals surface area contributed by atoms with Crippen molar-refractivity contribution in [2.24, 2.45) is 5.92 Å². The number of carbonyl (C=O) groups is 2. The molecule has 25 heavy (non-hydrogen) atoms. The van der Waals surface area contributed by atoms with Crippen LogP contribution in [0.4, 0.5) is 0 Å². The van der Waals surface area contributed by atoms with Crippen LogP contribution in [0.1, 0.15) is 26.7 Å². The lowest BCUT2D eigenvalue weighted by Gasteiger charge is -2.43. The second-order valence-corrected chi connectivity index (χ2v) is 10.0. The zero-order chi connectivity index (χ0) is 18.2. The van der Waals surface area contributed by atoms with Crippen LogP contribution < -0.4 is 5.32 Å². The molecule has 2 fully saturated rings. The minimum Gasteiger partial charge on any atom is -0.352 e. The first-order chi connectivity index (χ1) is 11.7. The predicted octanol–water partition coefficient (Wildman–Crippen LogP) is 0.886. The Hall–Kier alpha value is -1.45. The number of nitrogens with zero attached hydrogens (tertiary/aromatic N) is 2. The molecule has 7 nitrogen and oxygen atoms in total. The maximum atomic E-state index is 12.9. The first-order valence-corrected chi connectivity index (χ1v) is 10.7. The number of carbonyl (C=O) groups excluding carboxylic acids is 2. The van der Waals surface area contributed by atoms with Crippen LogP contribution in [0.2, 0.25) is 0 Å². The molecule has 2 aliphatic heterocycles. The first-order valence-electron chi connectivity index (χ1n) is 8.38. The van der Waals surface area contributed by atoms with Gasteiger partial charge in [0.2, 0.25) is 11.8 Å². The van der Waals surface area contributed by atoms with E-state index < -0.39 is 15.6 Å². The highest BCUT2D eigenvalue weighted by molar-refractivity contribution is 7.91. The van der Waals surface area contributed by atoms with E-state index >= 15 is 0 Å². The summed E-state index contributed by atoms with van der Waals surface area (Å²) in [5, 5.41) is 4.53. The summed E-state index contributed by atoms with van der Waals surface area (Å²) in [6, 6.07) is 3.32. The highest BCUT2D eigenvalue weighted by Gasteiger charge is 2.43. The molecule has 1 aromatic rings. The second kappa shape index (κ2) is 6.69. The molecule has 1 N–H and O–H groups in total. The Morgan fingerprint density at radius 1 is 1.28 bits per heavy atom. The van der Waals surface area contributed by atoms with E-state index in [-0.39, 0.29) is 17.7 Å². The molecule has 2 saturated heterocycles. The van der Waals surface area contributed by atoms with E-state index in [2.05, 4.69) is 5.32 Å². The lowest BCUT2D eigenvalue weighted by molar-refractivity contribution is -0.152. The number of nitrogens with one attached hydrogen (secondary N) is 1. The topological polar surface area (TPSA) is 86.8 Å². The maximum Gasteiger partial charge on any atom is 0.252 e. The SMILES string of the molecule is CC1(C)C(=O)NCCN1C(=O)C1CCN(S(=O)(=O)c2cccs2)CC1. The van der Waals surface area contributed by atoms with Gasteiger partial charge in [0.25, 0.3) is 10.0 Å². The molecule has 0 aromatic carbocycles. The molecule has 3 rings (SSSR count). The molecule has 3 heterocycles. The Balaban J connectivity index is 1.66. The standard InChI is InChI=1S/C16H23N3O4S2/c1-16(2)15(21)17-7-10-19(16)14(20)12-5-8-18(9-6-12)25(22,23)13-4-3-11-24-13/h3-4,11-12H,5-10H2,1-2H3,(H,17,21). The number of piperidine rings is 1. The summed E-state index contributed by atoms with van der Waals surface area (Å²) in [6.07, 6.45) is 0.968. The maximum absolute atomic E-state index is 12.9. The van der Waals surface area contributed by atoms with Crippen molar-refractivity contribution in [1.29, 1.82) is 0 Å². The Morgan fingerprint density at radius 3 is 2.56 bits per heavy atom. The predicted molar refractivity (Wildman–Crippen MR) is 94.6 cm³/mol. The van der Waals surface area contributed by atoms with Crippen molar-refractivity contribution in [1.82, 2.24) is 14.5 Å². The van der Waals surface area contributed by atoms with Crippen molar-refractivity contribution in [2.75, 3.05) is 26.2 Å². The minimum atomic E-state index is -3.46. The fourth-order valence-corrected chi connectivity index (χ4v) is 6.00. The van der Waals surface area contributed by atoms with E-state index in [1.165, 1.54) is 15.6 Å². The summed E-state index contributed by atoms with van der Waals surface area (Å²) in [4.78, 5) is 26.6. The molecule has 138 valence electrons. The van der Waals surface area contributed by atoms with Crippen molar-refractivity contribution in [3.8, 4) is 0 Å². The molecule has 2 aliphatic rings. The summed E-state index contributed by atoms with van der Waals surface area (Å²) >= 11 is 1.20. The molecule has 0 atom stereocenters. The zero-order valence-electron chi connectivity index (χ0n) is 14.4. The Bertz CT molecular complexity index is 750. The largest absolute Gasteiger partial charge is 0.352 e. The van der Waals surface area contributed by atoms with Crippen LogP contribution in [0.5, 0.6) is 0 Å². The van der Waals surface area contributed by atoms with E-state index in [0.29, 0.717) is 43.2 Å². The molecule has 0 aliphatic carbocycles. The van der Waals surface area contributed by atoms with Gasteiger partial charge in [-0.3, -0.25) is 9.59 Å². The third kappa shape index (κ3) is 3.32. The van der Waals surface area contributed by atoms with Gasteiger partial charge in [0.05, 0.1) is 0 Å². The van der Waals surface area contributed by atoms with Crippen LogP contribution in [0.3, 0.4) is 0 Å². The lowest BCUT2D eigenvalue weighted by Crippen LogP contribution is -2.64. The van der Waals surface area contributed by atoms with Gasteiger partial charge in [-0.25, -0.2) is 8.42 Å². The quantitative estimate of drug-likeness (QED) is 0.837. The van der Waals surface area contributed by atoms with Crippen LogP contribution in [-0.2, 0) is 19.6 Å². The number of thiophene rings is 1. The number of hydrogen-bond donors (Lipinski definition) is 1. The van der Waals surface area contributed by atoms with E-state index in [1.54, 1.807) is 36.3 Å². The third-order valence-corrected chi connectivity index (χ3v) is 8.28. The molecule has 2 amide bonds. The summed E-state index contributed by atoms with van der Waals surface area (Å²) in [5.41, 5.74) is -0.866. The van der Waals surface area contributed by atoms with Gasteiger partial charge in [-0.15, -0.1) is 11.3 Å². The van der Waals surface area contributed by atoms with E-state index in [9.17, 15) is 18.0 Å². The van der Waals surface area contributed by atoms with Crippen molar-refractivity contribution in [3.05, 3.63) is 17.5 Å². The molecular weight excluding hydrogens is 362 g/mol. The van der Waals surface area contributed by atoms with Crippen molar-refractivity contribution in [3.63, 3.8) is 0 Å². The lowest BCUT2D eigenvalue weighted by atomic mass is 9.91. The molecule has 0 bridgehead atoms. The average molecular weight is 386 g/mol. The fraction of sp³-hybridized carbons (Fsp3) is 0.625. The van der Waals surface area contributed by atoms with Crippen LogP contribution in [0.25, 0.3) is 0 Å². The number of piperazine rings is 1. The van der Waals surface area contributed by atoms with Gasteiger partial charge >= 0.3 is 0 Å². The summed E-state index contributed by atoms with van der Waals surface area (Å²) in [5.74, 6) is -0.433. The number of sulfonamides is 1. The summed E-state index contributed by atoms with van der Waals surface area (Å²) in [6.45, 7) is 5.10. The van der Waals surface area contributed by atoms with Crippen LogP contribution in [-0.4, -0.2) is 61.2 Å². The smallest absolute Gasteiger partial charge is 0.252 e. The van der Waals surface area contributed by atoms with Crippen molar-refractivity contribution < 1.29 is 18.0 Å². The molecule has 0 radical (unpaired) electrons. The monoisotopic (exact) mass is 385 g/mol. The highest BCUT2D eigenvalue weighted by atomic mass is 32.2. The Kier molecular flexibility index (Phi) is 4.91. The van der Waals surface area contributed by atoms with Gasteiger partial charge in [-0.1, -0.05) is 6.07 Å². The molecular formula is C16H23N3O4S2. The van der Waals surface area contributed by atoms with Crippen molar-refractivity contribution >= 4 is 33.2 Å². The zero-order valence-corrected chi connectivity index (χ0v) is 16.0. The van der Waals surface area contributed by atoms with Gasteiger partial charge in [-0.2, -0.15) is 4.31 Å². The van der Waals surface area contributed by atoms with Crippen molar-refractivity contribution in [2.45, 2.75) is 36.4 Å². The van der Waals surface area contributed by atoms with Crippen LogP contribution >= 0.6 is 11.3 Å². The molecule has 0 spiro atoms. The highest BCUT2D eigenvalue weighted by Crippen LogP contribution is 2.29. The second-order valence-electron chi connectivity index (χ2n) is 6.92. The minimum absolute atomic E-state index is 0.0481. The molecule has 9 heteroatoms. The van der Waals surface area contributed by atoms with Gasteiger partial charge in [-0.05, 0) is 38.1 Å². The van der Waals surface area contributed by atoms with E-state index in [4.69, 9.17) is 0 Å². The van der Waals surface area contributed by atoms with E-state index in [1.807, 2.05) is 0 Å². The number of hydrogen-bond acceptors (Lipinski definition) is 5. The van der Waals surface area contributed by atoms with Gasteiger partial charge < -0.3 is 10.2 Å². The molecule has 1 aromatic heterocycles. The van der Waals surface area contributed by atoms with Gasteiger partial charge in [0.15, 0.2) is 0 Å². The normalized spacial score (nSPS) is 22.6. The Morgan fingerprint density at radius 2 is 1.96 bits per heavy atom. The molecule has 0 unspecified atom stereocenters. The molecule has 0 saturated carbocycles. The summed E-state index contributed by atoms with van der Waals surface area (Å²) in [7, 11) is -3.46. The first kappa shape index (κ1) is 18.3. The Labute approximate surface area is 152 Å². The van der Waals surface area contributed by atoms with Crippen LogP contribution in [0.15, 0.2) is 21.7 Å². The van der Waals surface area contributed by atoms with Crippen LogP contribution in [0, 0.1) is 5.92 Å². The average Bonchev–Trinajstić information content (AvgIpc) is 3.12. The van der Waals surface area contributed by atoms with Gasteiger partial charge in [0, 0.05) is 32.1 Å². The summed E-state index contributed by atoms with van der Waals surface area (Å²) < 4.78 is 26.9.